The first-order valence-electron chi connectivity index (χ1n) is 11.5. The van der Waals surface area contributed by atoms with Crippen molar-refractivity contribution in [1.82, 2.24) is 15.3 Å². The zero-order chi connectivity index (χ0) is 23.4. The van der Waals surface area contributed by atoms with E-state index in [0.717, 1.165) is 18.8 Å². The molecule has 8 nitrogen and oxygen atoms in total. The van der Waals surface area contributed by atoms with Crippen LogP contribution in [-0.4, -0.2) is 54.8 Å². The highest BCUT2D eigenvalue weighted by molar-refractivity contribution is 6.34. The lowest BCUT2D eigenvalue weighted by Crippen LogP contribution is -2.46. The highest BCUT2D eigenvalue weighted by atomic mass is 35.5. The van der Waals surface area contributed by atoms with Gasteiger partial charge in [0.2, 0.25) is 5.95 Å². The first kappa shape index (κ1) is 21.2. The Morgan fingerprint density at radius 3 is 2.76 bits per heavy atom. The molecule has 9 heteroatoms. The number of nitrogens with one attached hydrogen (secondary N) is 2. The van der Waals surface area contributed by atoms with Gasteiger partial charge in [-0.1, -0.05) is 23.7 Å². The minimum Gasteiger partial charge on any atom is -0.365 e. The van der Waals surface area contributed by atoms with Gasteiger partial charge in [0.1, 0.15) is 11.4 Å². The monoisotopic (exact) mass is 475 g/mol. The largest absolute Gasteiger partial charge is 0.365 e. The molecular weight excluding hydrogens is 450 g/mol. The normalized spacial score (nSPS) is 21.3. The van der Waals surface area contributed by atoms with Gasteiger partial charge < -0.3 is 20.4 Å². The second kappa shape index (κ2) is 8.14. The maximum absolute atomic E-state index is 13.2. The van der Waals surface area contributed by atoms with Crippen molar-refractivity contribution < 1.29 is 4.79 Å². The van der Waals surface area contributed by atoms with Crippen LogP contribution >= 0.6 is 11.6 Å². The van der Waals surface area contributed by atoms with Gasteiger partial charge in [-0.3, -0.25) is 9.69 Å². The highest BCUT2D eigenvalue weighted by Crippen LogP contribution is 2.35. The predicted molar refractivity (Wildman–Crippen MR) is 136 cm³/mol. The van der Waals surface area contributed by atoms with Gasteiger partial charge in [0.25, 0.3) is 5.91 Å². The zero-order valence-corrected chi connectivity index (χ0v) is 19.9. The third-order valence-corrected chi connectivity index (χ3v) is 7.24. The van der Waals surface area contributed by atoms with Gasteiger partial charge >= 0.3 is 0 Å². The number of piperazine rings is 1. The molecule has 2 N–H and O–H groups in total. The lowest BCUT2D eigenvalue weighted by Gasteiger charge is -2.35. The lowest BCUT2D eigenvalue weighted by atomic mass is 10.1. The molecule has 34 heavy (non-hydrogen) atoms. The molecule has 2 unspecified atom stereocenters. The molecule has 2 atom stereocenters. The van der Waals surface area contributed by atoms with Crippen molar-refractivity contribution in [2.45, 2.75) is 25.4 Å². The van der Waals surface area contributed by atoms with Crippen molar-refractivity contribution in [2.24, 2.45) is 0 Å². The van der Waals surface area contributed by atoms with Gasteiger partial charge in [0.15, 0.2) is 0 Å². The topological polar surface area (TPSA) is 76.6 Å². The summed E-state index contributed by atoms with van der Waals surface area (Å²) in [6, 6.07) is 14.9. The summed E-state index contributed by atoms with van der Waals surface area (Å²) in [4.78, 5) is 28.4. The van der Waals surface area contributed by atoms with Crippen molar-refractivity contribution in [3.05, 3.63) is 64.8 Å². The number of aryl methyl sites for hydroxylation is 1. The number of anilines is 5. The van der Waals surface area contributed by atoms with Gasteiger partial charge in [-0.15, -0.1) is 0 Å². The number of amides is 1. The molecule has 2 aromatic carbocycles. The Labute approximate surface area is 203 Å². The fourth-order valence-electron chi connectivity index (χ4n) is 5.26. The summed E-state index contributed by atoms with van der Waals surface area (Å²) in [5, 5.41) is 7.40. The van der Waals surface area contributed by atoms with E-state index < -0.39 is 0 Å². The summed E-state index contributed by atoms with van der Waals surface area (Å²) >= 11 is 6.34. The van der Waals surface area contributed by atoms with Gasteiger partial charge in [-0.25, -0.2) is 4.98 Å². The molecule has 0 radical (unpaired) electrons. The van der Waals surface area contributed by atoms with Crippen LogP contribution in [0.4, 0.5) is 28.8 Å². The number of carbonyl (C=O) groups is 1. The summed E-state index contributed by atoms with van der Waals surface area (Å²) in [7, 11) is 1.91. The molecule has 2 fully saturated rings. The number of fused-ring (bicyclic) bond motifs is 3. The zero-order valence-electron chi connectivity index (χ0n) is 19.1. The van der Waals surface area contributed by atoms with Crippen molar-refractivity contribution in [2.75, 3.05) is 46.8 Å². The van der Waals surface area contributed by atoms with Crippen LogP contribution < -0.4 is 25.3 Å². The fourth-order valence-corrected chi connectivity index (χ4v) is 5.50. The van der Waals surface area contributed by atoms with Gasteiger partial charge in [-0.05, 0) is 49.2 Å². The molecule has 4 heterocycles. The van der Waals surface area contributed by atoms with Crippen LogP contribution in [0.15, 0.2) is 48.7 Å². The van der Waals surface area contributed by atoms with E-state index in [2.05, 4.69) is 50.6 Å². The van der Waals surface area contributed by atoms with Crippen LogP contribution in [-0.2, 0) is 0 Å². The molecule has 1 amide bonds. The molecule has 3 aromatic rings. The van der Waals surface area contributed by atoms with Crippen molar-refractivity contribution >= 4 is 46.3 Å². The number of benzene rings is 2. The van der Waals surface area contributed by atoms with Crippen LogP contribution in [0, 0.1) is 6.92 Å². The predicted octanol–water partition coefficient (Wildman–Crippen LogP) is 3.79. The molecule has 1 aromatic heterocycles. The van der Waals surface area contributed by atoms with Crippen LogP contribution in [0.3, 0.4) is 0 Å². The molecule has 174 valence electrons. The number of hydrogen-bond donors (Lipinski definition) is 2. The Morgan fingerprint density at radius 1 is 1.18 bits per heavy atom. The summed E-state index contributed by atoms with van der Waals surface area (Å²) in [6.45, 7) is 4.63. The standard InChI is InChI=1S/C25H26ClN7O/c1-15-9-16(7-8-21(15)32-13-17-10-18(32)11-27-17)29-25-28-12-19-23(30-25)31(2)14-33(24(19)34)22-6-4-3-5-20(22)26/h3-9,12,17-18,27H,10-11,13-14H2,1-2H3,(H,28,29,30). The molecule has 0 saturated carbocycles. The van der Waals surface area contributed by atoms with E-state index in [-0.39, 0.29) is 5.91 Å². The average molecular weight is 476 g/mol. The molecule has 2 bridgehead atoms. The van der Waals surface area contributed by atoms with Gasteiger partial charge in [0, 0.05) is 49.8 Å². The summed E-state index contributed by atoms with van der Waals surface area (Å²) in [5.41, 5.74) is 4.55. The average Bonchev–Trinajstić information content (AvgIpc) is 3.46. The second-order valence-corrected chi connectivity index (χ2v) is 9.64. The van der Waals surface area contributed by atoms with Gasteiger partial charge in [-0.2, -0.15) is 4.98 Å². The summed E-state index contributed by atoms with van der Waals surface area (Å²) in [6.07, 6.45) is 2.81. The second-order valence-electron chi connectivity index (χ2n) is 9.23. The Kier molecular flexibility index (Phi) is 5.08. The third kappa shape index (κ3) is 3.54. The fraction of sp³-hybridized carbons (Fsp3) is 0.320. The Balaban J connectivity index is 1.23. The van der Waals surface area contributed by atoms with E-state index in [0.29, 0.717) is 46.8 Å². The van der Waals surface area contributed by atoms with E-state index in [9.17, 15) is 4.79 Å². The van der Waals surface area contributed by atoms with E-state index in [1.54, 1.807) is 17.2 Å². The number of para-hydroxylation sites is 1. The summed E-state index contributed by atoms with van der Waals surface area (Å²) in [5.74, 6) is 0.892. The highest BCUT2D eigenvalue weighted by Gasteiger charge is 2.38. The molecule has 0 spiro atoms. The number of rotatable bonds is 4. The molecule has 3 aliphatic heterocycles. The van der Waals surface area contributed by atoms with Crippen LogP contribution in [0.1, 0.15) is 22.3 Å². The molecule has 2 saturated heterocycles. The van der Waals surface area contributed by atoms with Crippen molar-refractivity contribution in [3.8, 4) is 0 Å². The molecular formula is C25H26ClN7O. The summed E-state index contributed by atoms with van der Waals surface area (Å²) < 4.78 is 0. The van der Waals surface area contributed by atoms with E-state index >= 15 is 0 Å². The first-order chi connectivity index (χ1) is 16.5. The lowest BCUT2D eigenvalue weighted by molar-refractivity contribution is 0.0982. The molecule has 6 rings (SSSR count). The number of carbonyl (C=O) groups excluding carboxylic acids is 1. The van der Waals surface area contributed by atoms with E-state index in [1.165, 1.54) is 17.7 Å². The van der Waals surface area contributed by atoms with Crippen LogP contribution in [0.2, 0.25) is 5.02 Å². The Bertz CT molecular complexity index is 1280. The number of halogens is 1. The molecule has 3 aliphatic rings. The maximum Gasteiger partial charge on any atom is 0.265 e. The third-order valence-electron chi connectivity index (χ3n) is 6.92. The minimum absolute atomic E-state index is 0.164. The Hall–Kier alpha value is -3.36. The van der Waals surface area contributed by atoms with E-state index in [4.69, 9.17) is 11.6 Å². The quantitative estimate of drug-likeness (QED) is 0.594. The van der Waals surface area contributed by atoms with Crippen LogP contribution in [0.5, 0.6) is 0 Å². The van der Waals surface area contributed by atoms with Crippen LogP contribution in [0.25, 0.3) is 0 Å². The smallest absolute Gasteiger partial charge is 0.265 e. The Morgan fingerprint density at radius 2 is 2.03 bits per heavy atom. The maximum atomic E-state index is 13.2. The molecule has 0 aliphatic carbocycles. The number of hydrogen-bond acceptors (Lipinski definition) is 7. The van der Waals surface area contributed by atoms with E-state index in [1.807, 2.05) is 30.1 Å². The van der Waals surface area contributed by atoms with Crippen molar-refractivity contribution in [1.29, 1.82) is 0 Å². The minimum atomic E-state index is -0.164. The SMILES string of the molecule is Cc1cc(Nc2ncc3c(n2)N(C)CN(c2ccccc2Cl)C3=O)ccc1N1CC2CC1CN2. The first-order valence-corrected chi connectivity index (χ1v) is 11.9. The van der Waals surface area contributed by atoms with Gasteiger partial charge in [0.05, 0.1) is 17.4 Å². The number of nitrogens with zero attached hydrogens (tertiary/aromatic N) is 5. The van der Waals surface area contributed by atoms with Crippen molar-refractivity contribution in [3.63, 3.8) is 0 Å². The number of aromatic nitrogens is 2.